The fourth-order valence-electron chi connectivity index (χ4n) is 3.93. The molecule has 2 amide bonds. The van der Waals surface area contributed by atoms with Crippen LogP contribution in [0.2, 0.25) is 5.02 Å². The molecule has 2 aromatic heterocycles. The van der Waals surface area contributed by atoms with Crippen LogP contribution in [0, 0.1) is 0 Å². The molecule has 0 spiro atoms. The lowest BCUT2D eigenvalue weighted by atomic mass is 10.1. The quantitative estimate of drug-likeness (QED) is 0.482. The molecule has 1 aromatic carbocycles. The number of halogens is 1. The van der Waals surface area contributed by atoms with Crippen molar-refractivity contribution in [2.45, 2.75) is 26.3 Å². The Bertz CT molecular complexity index is 1110. The molecule has 3 aromatic rings. The summed E-state index contributed by atoms with van der Waals surface area (Å²) >= 11 is 7.67. The predicted octanol–water partition coefficient (Wildman–Crippen LogP) is 4.45. The number of thiophene rings is 1. The van der Waals surface area contributed by atoms with Crippen molar-refractivity contribution in [3.05, 3.63) is 63.8 Å². The Labute approximate surface area is 209 Å². The maximum atomic E-state index is 13.1. The number of amides is 2. The van der Waals surface area contributed by atoms with E-state index in [2.05, 4.69) is 15.1 Å². The average molecular weight is 498 g/mol. The van der Waals surface area contributed by atoms with Gasteiger partial charge in [0.2, 0.25) is 5.91 Å². The lowest BCUT2D eigenvalue weighted by molar-refractivity contribution is -0.132. The Hall–Kier alpha value is -2.97. The molecule has 1 fully saturated rings. The largest absolute Gasteiger partial charge is 0.352 e. The Kier molecular flexibility index (Phi) is 7.80. The number of rotatable bonds is 7. The molecule has 0 saturated carbocycles. The average Bonchev–Trinajstić information content (AvgIpc) is 3.42. The molecule has 0 radical (unpaired) electrons. The van der Waals surface area contributed by atoms with E-state index in [0.29, 0.717) is 36.1 Å². The van der Waals surface area contributed by atoms with Crippen molar-refractivity contribution < 1.29 is 9.59 Å². The lowest BCUT2D eigenvalue weighted by Crippen LogP contribution is -2.53. The predicted molar refractivity (Wildman–Crippen MR) is 136 cm³/mol. The van der Waals surface area contributed by atoms with Crippen LogP contribution in [0.5, 0.6) is 0 Å². The van der Waals surface area contributed by atoms with Gasteiger partial charge < -0.3 is 14.7 Å². The summed E-state index contributed by atoms with van der Waals surface area (Å²) in [4.78, 5) is 32.3. The fraction of sp³-hybridized carbons (Fsp3) is 0.360. The molecule has 4 rings (SSSR count). The summed E-state index contributed by atoms with van der Waals surface area (Å²) in [5, 5.41) is 11.3. The molecule has 0 aliphatic carbocycles. The maximum Gasteiger partial charge on any atom is 0.264 e. The summed E-state index contributed by atoms with van der Waals surface area (Å²) in [6.07, 6.45) is 0.793. The Morgan fingerprint density at radius 3 is 2.44 bits per heavy atom. The Morgan fingerprint density at radius 1 is 1.06 bits per heavy atom. The highest BCUT2D eigenvalue weighted by molar-refractivity contribution is 7.12. The van der Waals surface area contributed by atoms with Crippen molar-refractivity contribution in [1.82, 2.24) is 20.0 Å². The van der Waals surface area contributed by atoms with E-state index in [-0.39, 0.29) is 24.4 Å². The van der Waals surface area contributed by atoms with E-state index in [1.807, 2.05) is 72.7 Å². The smallest absolute Gasteiger partial charge is 0.264 e. The molecule has 34 heavy (non-hydrogen) atoms. The van der Waals surface area contributed by atoms with Crippen molar-refractivity contribution in [3.8, 4) is 11.3 Å². The maximum absolute atomic E-state index is 13.1. The van der Waals surface area contributed by atoms with E-state index in [1.54, 1.807) is 4.90 Å². The van der Waals surface area contributed by atoms with Gasteiger partial charge in [-0.2, -0.15) is 0 Å². The first-order chi connectivity index (χ1) is 16.5. The van der Waals surface area contributed by atoms with Crippen molar-refractivity contribution in [2.75, 3.05) is 37.6 Å². The minimum Gasteiger partial charge on any atom is -0.352 e. The van der Waals surface area contributed by atoms with E-state index < -0.39 is 0 Å². The summed E-state index contributed by atoms with van der Waals surface area (Å²) < 4.78 is 0. The number of benzene rings is 1. The molecule has 178 valence electrons. The van der Waals surface area contributed by atoms with Crippen LogP contribution >= 0.6 is 22.9 Å². The number of carbonyl (C=O) groups excluding carboxylic acids is 2. The molecular formula is C25H28ClN5O2S. The van der Waals surface area contributed by atoms with Crippen LogP contribution in [0.15, 0.2) is 53.9 Å². The van der Waals surface area contributed by atoms with Gasteiger partial charge in [0, 0.05) is 37.8 Å². The zero-order chi connectivity index (χ0) is 24.1. The third-order valence-corrected chi connectivity index (χ3v) is 7.37. The molecule has 1 atom stereocenters. The zero-order valence-electron chi connectivity index (χ0n) is 19.4. The van der Waals surface area contributed by atoms with Crippen molar-refractivity contribution in [1.29, 1.82) is 0 Å². The second kappa shape index (κ2) is 11.0. The fourth-order valence-corrected chi connectivity index (χ4v) is 4.84. The lowest BCUT2D eigenvalue weighted by Gasteiger charge is -2.37. The highest BCUT2D eigenvalue weighted by atomic mass is 35.5. The monoisotopic (exact) mass is 497 g/mol. The number of aromatic nitrogens is 2. The van der Waals surface area contributed by atoms with Gasteiger partial charge >= 0.3 is 0 Å². The van der Waals surface area contributed by atoms with Gasteiger partial charge in [-0.3, -0.25) is 9.59 Å². The first kappa shape index (κ1) is 24.2. The minimum absolute atomic E-state index is 0.00764. The molecule has 0 N–H and O–H groups in total. The van der Waals surface area contributed by atoms with Crippen LogP contribution < -0.4 is 4.90 Å². The topological polar surface area (TPSA) is 69.6 Å². The summed E-state index contributed by atoms with van der Waals surface area (Å²) in [6.45, 7) is 6.59. The Morgan fingerprint density at radius 2 is 1.82 bits per heavy atom. The molecule has 0 unspecified atom stereocenters. The Balaban J connectivity index is 1.36. The normalized spacial score (nSPS) is 14.7. The first-order valence-corrected chi connectivity index (χ1v) is 12.7. The summed E-state index contributed by atoms with van der Waals surface area (Å²) in [5.74, 6) is 0.673. The molecule has 3 heterocycles. The van der Waals surface area contributed by atoms with Gasteiger partial charge in [0.05, 0.1) is 15.6 Å². The number of carbonyl (C=O) groups is 2. The van der Waals surface area contributed by atoms with Gasteiger partial charge in [-0.05, 0) is 43.0 Å². The number of hydrogen-bond donors (Lipinski definition) is 0. The highest BCUT2D eigenvalue weighted by Gasteiger charge is 2.28. The van der Waals surface area contributed by atoms with Crippen LogP contribution in [-0.2, 0) is 4.79 Å². The molecule has 0 bridgehead atoms. The number of nitrogens with zero attached hydrogens (tertiary/aromatic N) is 5. The van der Waals surface area contributed by atoms with E-state index in [4.69, 9.17) is 11.6 Å². The highest BCUT2D eigenvalue weighted by Crippen LogP contribution is 2.26. The SMILES string of the molecule is CC[C@H](C)N(CC(=O)N1CCN(c2ccc(-c3ccccc3Cl)nn2)CC1)C(=O)c1cccs1. The van der Waals surface area contributed by atoms with Crippen molar-refractivity contribution in [2.24, 2.45) is 0 Å². The third-order valence-electron chi connectivity index (χ3n) is 6.18. The van der Waals surface area contributed by atoms with Gasteiger partial charge in [0.1, 0.15) is 6.54 Å². The van der Waals surface area contributed by atoms with E-state index in [9.17, 15) is 9.59 Å². The number of piperazine rings is 1. The van der Waals surface area contributed by atoms with Gasteiger partial charge in [0.15, 0.2) is 5.82 Å². The first-order valence-electron chi connectivity index (χ1n) is 11.4. The van der Waals surface area contributed by atoms with E-state index in [1.165, 1.54) is 11.3 Å². The van der Waals surface area contributed by atoms with Crippen LogP contribution in [0.1, 0.15) is 29.9 Å². The van der Waals surface area contributed by atoms with Crippen LogP contribution in [0.25, 0.3) is 11.3 Å². The van der Waals surface area contributed by atoms with E-state index in [0.717, 1.165) is 23.5 Å². The van der Waals surface area contributed by atoms with Gasteiger partial charge in [-0.15, -0.1) is 21.5 Å². The van der Waals surface area contributed by atoms with Gasteiger partial charge in [0.25, 0.3) is 5.91 Å². The molecule has 9 heteroatoms. The summed E-state index contributed by atoms with van der Waals surface area (Å²) in [6, 6.07) is 15.1. The molecule has 7 nitrogen and oxygen atoms in total. The van der Waals surface area contributed by atoms with Crippen LogP contribution in [0.3, 0.4) is 0 Å². The van der Waals surface area contributed by atoms with Gasteiger partial charge in [-0.25, -0.2) is 0 Å². The molecule has 1 saturated heterocycles. The van der Waals surface area contributed by atoms with Crippen LogP contribution in [-0.4, -0.2) is 70.6 Å². The van der Waals surface area contributed by atoms with E-state index >= 15 is 0 Å². The third kappa shape index (κ3) is 5.39. The van der Waals surface area contributed by atoms with Gasteiger partial charge in [-0.1, -0.05) is 42.8 Å². The van der Waals surface area contributed by atoms with Crippen molar-refractivity contribution in [3.63, 3.8) is 0 Å². The molecule has 1 aliphatic heterocycles. The standard InChI is InChI=1S/C25H28ClN5O2S/c1-3-18(2)31(25(33)22-9-6-16-34-22)17-24(32)30-14-12-29(13-15-30)23-11-10-21(27-28-23)19-7-4-5-8-20(19)26/h4-11,16,18H,3,12-15,17H2,1-2H3/t18-/m0/s1. The minimum atomic E-state index is -0.0785. The van der Waals surface area contributed by atoms with Crippen molar-refractivity contribution >= 4 is 40.6 Å². The molecular weight excluding hydrogens is 470 g/mol. The second-order valence-corrected chi connectivity index (χ2v) is 9.65. The summed E-state index contributed by atoms with van der Waals surface area (Å²) in [5.41, 5.74) is 1.57. The number of hydrogen-bond acceptors (Lipinski definition) is 6. The molecule has 1 aliphatic rings. The second-order valence-electron chi connectivity index (χ2n) is 8.29. The van der Waals surface area contributed by atoms with Crippen LogP contribution in [0.4, 0.5) is 5.82 Å². The summed E-state index contributed by atoms with van der Waals surface area (Å²) in [7, 11) is 0. The zero-order valence-corrected chi connectivity index (χ0v) is 20.9. The number of anilines is 1.